The van der Waals surface area contributed by atoms with Crippen molar-refractivity contribution >= 4 is 17.4 Å². The third-order valence-electron chi connectivity index (χ3n) is 6.30. The van der Waals surface area contributed by atoms with Crippen LogP contribution in [0.4, 0.5) is 11.5 Å². The molecule has 172 valence electrons. The van der Waals surface area contributed by atoms with Gasteiger partial charge in [-0.25, -0.2) is 4.68 Å². The number of amides is 1. The van der Waals surface area contributed by atoms with E-state index in [4.69, 9.17) is 4.74 Å². The van der Waals surface area contributed by atoms with E-state index in [1.54, 1.807) is 44.5 Å². The summed E-state index contributed by atoms with van der Waals surface area (Å²) < 4.78 is 6.71. The minimum atomic E-state index is -1.59. The molecule has 0 fully saturated rings. The van der Waals surface area contributed by atoms with E-state index in [1.165, 1.54) is 4.68 Å². The highest BCUT2D eigenvalue weighted by Gasteiger charge is 2.50. The van der Waals surface area contributed by atoms with Crippen LogP contribution in [0.2, 0.25) is 0 Å². The normalized spacial score (nSPS) is 21.3. The second kappa shape index (κ2) is 8.68. The Labute approximate surface area is 198 Å². The number of hydrogen-bond acceptors (Lipinski definition) is 5. The summed E-state index contributed by atoms with van der Waals surface area (Å²) >= 11 is 0. The van der Waals surface area contributed by atoms with Crippen LogP contribution in [0.25, 0.3) is 11.1 Å². The van der Waals surface area contributed by atoms with Gasteiger partial charge in [-0.2, -0.15) is 5.10 Å². The Morgan fingerprint density at radius 2 is 1.68 bits per heavy atom. The van der Waals surface area contributed by atoms with Crippen LogP contribution in [-0.2, 0) is 10.5 Å². The molecule has 2 heterocycles. The standard InChI is InChI=1S/C27H26N4O3/c1-27(33)23(26(32)29-20-13-15-21(34-2)16-14-20)24(19-11-7-4-8-12-19)30-25-22(17-28-31(25)27)18-9-5-3-6-10-18/h3-17,23-24,30,33H,1-2H3,(H,29,32)/t23-,24-,27-/m0/s1. The Kier molecular flexibility index (Phi) is 5.55. The Balaban J connectivity index is 1.57. The molecule has 0 spiro atoms. The molecule has 0 unspecified atom stereocenters. The van der Waals surface area contributed by atoms with Crippen molar-refractivity contribution in [2.45, 2.75) is 18.7 Å². The van der Waals surface area contributed by atoms with Crippen molar-refractivity contribution in [3.63, 3.8) is 0 Å². The van der Waals surface area contributed by atoms with Gasteiger partial charge in [-0.3, -0.25) is 4.79 Å². The number of carbonyl (C=O) groups excluding carboxylic acids is 1. The summed E-state index contributed by atoms with van der Waals surface area (Å²) in [4.78, 5) is 13.6. The van der Waals surface area contributed by atoms with Crippen LogP contribution in [0.3, 0.4) is 0 Å². The van der Waals surface area contributed by atoms with Crippen molar-refractivity contribution in [2.75, 3.05) is 17.7 Å². The molecule has 0 aliphatic carbocycles. The van der Waals surface area contributed by atoms with Crippen LogP contribution < -0.4 is 15.4 Å². The van der Waals surface area contributed by atoms with Crippen molar-refractivity contribution < 1.29 is 14.6 Å². The van der Waals surface area contributed by atoms with Gasteiger partial charge in [0.2, 0.25) is 5.91 Å². The van der Waals surface area contributed by atoms with Crippen LogP contribution in [-0.4, -0.2) is 27.9 Å². The number of aromatic nitrogens is 2. The van der Waals surface area contributed by atoms with Crippen molar-refractivity contribution in [1.29, 1.82) is 0 Å². The van der Waals surface area contributed by atoms with E-state index in [0.717, 1.165) is 16.7 Å². The van der Waals surface area contributed by atoms with E-state index in [-0.39, 0.29) is 5.91 Å². The number of carbonyl (C=O) groups is 1. The first kappa shape index (κ1) is 21.7. The molecule has 3 aromatic carbocycles. The lowest BCUT2D eigenvalue weighted by atomic mass is 9.82. The van der Waals surface area contributed by atoms with E-state index in [0.29, 0.717) is 17.3 Å². The number of ether oxygens (including phenoxy) is 1. The number of nitrogens with zero attached hydrogens (tertiary/aromatic N) is 2. The molecule has 7 nitrogen and oxygen atoms in total. The molecule has 1 aliphatic heterocycles. The number of anilines is 2. The van der Waals surface area contributed by atoms with Crippen LogP contribution in [0.1, 0.15) is 18.5 Å². The smallest absolute Gasteiger partial charge is 0.234 e. The molecule has 0 saturated carbocycles. The zero-order chi connectivity index (χ0) is 23.7. The van der Waals surface area contributed by atoms with Gasteiger partial charge in [-0.1, -0.05) is 60.7 Å². The molecule has 1 aliphatic rings. The zero-order valence-electron chi connectivity index (χ0n) is 19.0. The van der Waals surface area contributed by atoms with Gasteiger partial charge in [-0.15, -0.1) is 0 Å². The summed E-state index contributed by atoms with van der Waals surface area (Å²) in [6.07, 6.45) is 1.72. The van der Waals surface area contributed by atoms with E-state index in [9.17, 15) is 9.90 Å². The molecule has 3 atom stereocenters. The number of hydrogen-bond donors (Lipinski definition) is 3. The SMILES string of the molecule is COc1ccc(NC(=O)[C@@H]2[C@H](c3ccccc3)Nc3c(-c4ccccc4)cnn3[C@@]2(C)O)cc1. The number of nitrogens with one attached hydrogen (secondary N) is 2. The fourth-order valence-corrected chi connectivity index (χ4v) is 4.57. The van der Waals surface area contributed by atoms with E-state index in [2.05, 4.69) is 15.7 Å². The van der Waals surface area contributed by atoms with Gasteiger partial charge in [0, 0.05) is 11.3 Å². The number of rotatable bonds is 5. The number of benzene rings is 3. The van der Waals surface area contributed by atoms with E-state index >= 15 is 0 Å². The Bertz CT molecular complexity index is 1280. The first-order valence-electron chi connectivity index (χ1n) is 11.1. The maximum absolute atomic E-state index is 13.6. The van der Waals surface area contributed by atoms with Gasteiger partial charge in [0.05, 0.1) is 19.3 Å². The van der Waals surface area contributed by atoms with Gasteiger partial charge in [-0.05, 0) is 42.3 Å². The molecule has 1 amide bonds. The lowest BCUT2D eigenvalue weighted by molar-refractivity contribution is -0.143. The van der Waals surface area contributed by atoms with Gasteiger partial charge >= 0.3 is 0 Å². The highest BCUT2D eigenvalue weighted by Crippen LogP contribution is 2.46. The average Bonchev–Trinajstić information content (AvgIpc) is 3.30. The van der Waals surface area contributed by atoms with Gasteiger partial charge in [0.1, 0.15) is 17.5 Å². The fraction of sp³-hybridized carbons (Fsp3) is 0.185. The maximum Gasteiger partial charge on any atom is 0.234 e. The summed E-state index contributed by atoms with van der Waals surface area (Å²) in [7, 11) is 1.59. The Morgan fingerprint density at radius 3 is 2.32 bits per heavy atom. The summed E-state index contributed by atoms with van der Waals surface area (Å²) in [6.45, 7) is 1.63. The lowest BCUT2D eigenvalue weighted by Crippen LogP contribution is -2.53. The topological polar surface area (TPSA) is 88.4 Å². The van der Waals surface area contributed by atoms with Crippen molar-refractivity contribution in [3.8, 4) is 16.9 Å². The third kappa shape index (κ3) is 3.80. The second-order valence-electron chi connectivity index (χ2n) is 8.51. The van der Waals surface area contributed by atoms with E-state index in [1.807, 2.05) is 60.7 Å². The molecular weight excluding hydrogens is 428 g/mol. The predicted molar refractivity (Wildman–Crippen MR) is 131 cm³/mol. The third-order valence-corrected chi connectivity index (χ3v) is 6.30. The van der Waals surface area contributed by atoms with Gasteiger partial charge in [0.15, 0.2) is 5.72 Å². The first-order chi connectivity index (χ1) is 16.5. The largest absolute Gasteiger partial charge is 0.497 e. The molecular formula is C27H26N4O3. The lowest BCUT2D eigenvalue weighted by Gasteiger charge is -2.43. The average molecular weight is 455 g/mol. The summed E-state index contributed by atoms with van der Waals surface area (Å²) in [5.41, 5.74) is 1.74. The molecule has 0 bridgehead atoms. The van der Waals surface area contributed by atoms with Crippen molar-refractivity contribution in [2.24, 2.45) is 5.92 Å². The number of methoxy groups -OCH3 is 1. The first-order valence-corrected chi connectivity index (χ1v) is 11.1. The Morgan fingerprint density at radius 1 is 1.03 bits per heavy atom. The minimum absolute atomic E-state index is 0.320. The molecule has 4 aromatic rings. The maximum atomic E-state index is 13.6. The number of aliphatic hydroxyl groups is 1. The van der Waals surface area contributed by atoms with Crippen LogP contribution >= 0.6 is 0 Å². The minimum Gasteiger partial charge on any atom is -0.497 e. The second-order valence-corrected chi connectivity index (χ2v) is 8.51. The molecule has 3 N–H and O–H groups in total. The van der Waals surface area contributed by atoms with Crippen molar-refractivity contribution in [1.82, 2.24) is 9.78 Å². The number of fused-ring (bicyclic) bond motifs is 1. The summed E-state index contributed by atoms with van der Waals surface area (Å²) in [5, 5.41) is 22.7. The molecule has 34 heavy (non-hydrogen) atoms. The highest BCUT2D eigenvalue weighted by atomic mass is 16.5. The molecule has 5 rings (SSSR count). The van der Waals surface area contributed by atoms with Crippen LogP contribution in [0.15, 0.2) is 91.1 Å². The molecule has 0 radical (unpaired) electrons. The van der Waals surface area contributed by atoms with Crippen LogP contribution in [0.5, 0.6) is 5.75 Å². The van der Waals surface area contributed by atoms with Crippen molar-refractivity contribution in [3.05, 3.63) is 96.7 Å². The van der Waals surface area contributed by atoms with Gasteiger partial charge in [0.25, 0.3) is 0 Å². The Hall–Kier alpha value is -4.10. The fourth-order valence-electron chi connectivity index (χ4n) is 4.57. The van der Waals surface area contributed by atoms with E-state index < -0.39 is 17.7 Å². The molecule has 1 aromatic heterocycles. The zero-order valence-corrected chi connectivity index (χ0v) is 19.0. The quantitative estimate of drug-likeness (QED) is 0.409. The summed E-state index contributed by atoms with van der Waals surface area (Å²) in [5.74, 6) is 0.173. The molecule has 0 saturated heterocycles. The monoisotopic (exact) mass is 454 g/mol. The van der Waals surface area contributed by atoms with Gasteiger partial charge < -0.3 is 20.5 Å². The summed E-state index contributed by atoms with van der Waals surface area (Å²) in [6, 6.07) is 26.2. The van der Waals surface area contributed by atoms with Crippen LogP contribution in [0, 0.1) is 5.92 Å². The predicted octanol–water partition coefficient (Wildman–Crippen LogP) is 4.65. The molecule has 7 heteroatoms. The highest BCUT2D eigenvalue weighted by molar-refractivity contribution is 5.94.